The number of furan rings is 1. The largest absolute Gasteiger partial charge is 0.469 e. The van der Waals surface area contributed by atoms with Crippen molar-refractivity contribution in [1.29, 1.82) is 0 Å². The number of nitrogens with zero attached hydrogens (tertiary/aromatic N) is 3. The lowest BCUT2D eigenvalue weighted by atomic mass is 10.2. The minimum atomic E-state index is 0.123. The molecule has 0 aromatic carbocycles. The normalized spacial score (nSPS) is 25.1. The van der Waals surface area contributed by atoms with Crippen LogP contribution in [0.3, 0.4) is 0 Å². The smallest absolute Gasteiger partial charge is 0.226 e. The molecule has 2 aliphatic rings. The third-order valence-electron chi connectivity index (χ3n) is 4.51. The molecule has 5 nitrogen and oxygen atoms in total. The first kappa shape index (κ1) is 13.8. The van der Waals surface area contributed by atoms with E-state index in [2.05, 4.69) is 9.88 Å². The van der Waals surface area contributed by atoms with Gasteiger partial charge in [0.05, 0.1) is 6.26 Å². The quantitative estimate of drug-likeness (QED) is 0.873. The van der Waals surface area contributed by atoms with Crippen molar-refractivity contribution in [1.82, 2.24) is 9.88 Å². The van der Waals surface area contributed by atoms with Gasteiger partial charge >= 0.3 is 0 Å². The van der Waals surface area contributed by atoms with E-state index in [0.717, 1.165) is 49.9 Å². The molecule has 1 saturated heterocycles. The summed E-state index contributed by atoms with van der Waals surface area (Å²) in [7, 11) is 0. The molecule has 22 heavy (non-hydrogen) atoms. The van der Waals surface area contributed by atoms with Gasteiger partial charge in [0.25, 0.3) is 0 Å². The number of carbonyl (C=O) groups is 1. The summed E-state index contributed by atoms with van der Waals surface area (Å²) in [6.07, 6.45) is 5.46. The fraction of sp³-hybridized carbons (Fsp3) is 0.500. The van der Waals surface area contributed by atoms with Crippen LogP contribution in [0.1, 0.15) is 24.5 Å². The molecule has 4 rings (SSSR count). The van der Waals surface area contributed by atoms with Crippen molar-refractivity contribution in [2.24, 2.45) is 5.92 Å². The molecule has 6 heteroatoms. The highest BCUT2D eigenvalue weighted by atomic mass is 32.1. The fourth-order valence-corrected chi connectivity index (χ4v) is 3.92. The third kappa shape index (κ3) is 2.63. The highest BCUT2D eigenvalue weighted by Crippen LogP contribution is 2.48. The molecule has 2 aromatic heterocycles. The summed E-state index contributed by atoms with van der Waals surface area (Å²) >= 11 is 1.66. The summed E-state index contributed by atoms with van der Waals surface area (Å²) in [6, 6.07) is 3.87. The molecule has 1 amide bonds. The van der Waals surface area contributed by atoms with Gasteiger partial charge in [-0.15, -0.1) is 11.3 Å². The molecule has 116 valence electrons. The zero-order valence-electron chi connectivity index (χ0n) is 12.4. The SMILES string of the molecule is O=C(C1CC1c1ccco1)N1CCCN(c2nccs2)CC1. The van der Waals surface area contributed by atoms with Crippen molar-refractivity contribution in [3.63, 3.8) is 0 Å². The van der Waals surface area contributed by atoms with Crippen LogP contribution < -0.4 is 4.90 Å². The fourth-order valence-electron chi connectivity index (χ4n) is 3.22. The average Bonchev–Trinajstić information content (AvgIpc) is 2.94. The Morgan fingerprint density at radius 1 is 1.32 bits per heavy atom. The van der Waals surface area contributed by atoms with Crippen molar-refractivity contribution >= 4 is 22.4 Å². The van der Waals surface area contributed by atoms with E-state index in [-0.39, 0.29) is 5.92 Å². The van der Waals surface area contributed by atoms with Gasteiger partial charge in [-0.1, -0.05) is 0 Å². The number of hydrogen-bond acceptors (Lipinski definition) is 5. The van der Waals surface area contributed by atoms with E-state index in [4.69, 9.17) is 4.42 Å². The summed E-state index contributed by atoms with van der Waals surface area (Å²) < 4.78 is 5.43. The first-order chi connectivity index (χ1) is 10.8. The Bertz CT molecular complexity index is 626. The summed E-state index contributed by atoms with van der Waals surface area (Å²) in [5.41, 5.74) is 0. The van der Waals surface area contributed by atoms with Crippen LogP contribution in [0.15, 0.2) is 34.4 Å². The van der Waals surface area contributed by atoms with Gasteiger partial charge in [0, 0.05) is 49.6 Å². The van der Waals surface area contributed by atoms with Crippen LogP contribution in [-0.4, -0.2) is 42.0 Å². The van der Waals surface area contributed by atoms with Crippen LogP contribution >= 0.6 is 11.3 Å². The summed E-state index contributed by atoms with van der Waals surface area (Å²) in [4.78, 5) is 21.4. The maximum atomic E-state index is 12.7. The van der Waals surface area contributed by atoms with E-state index in [1.54, 1.807) is 17.6 Å². The number of rotatable bonds is 3. The van der Waals surface area contributed by atoms with Crippen LogP contribution in [0.2, 0.25) is 0 Å². The first-order valence-electron chi connectivity index (χ1n) is 7.79. The van der Waals surface area contributed by atoms with Crippen molar-refractivity contribution in [3.05, 3.63) is 35.7 Å². The Kier molecular flexibility index (Phi) is 3.62. The van der Waals surface area contributed by atoms with Gasteiger partial charge in [-0.2, -0.15) is 0 Å². The van der Waals surface area contributed by atoms with Crippen LogP contribution in [0.5, 0.6) is 0 Å². The molecule has 0 radical (unpaired) electrons. The van der Waals surface area contributed by atoms with Crippen molar-refractivity contribution < 1.29 is 9.21 Å². The number of carbonyl (C=O) groups excluding carboxylic acids is 1. The van der Waals surface area contributed by atoms with Crippen molar-refractivity contribution in [2.45, 2.75) is 18.8 Å². The summed E-state index contributed by atoms with van der Waals surface area (Å²) in [5.74, 6) is 1.67. The minimum absolute atomic E-state index is 0.123. The van der Waals surface area contributed by atoms with E-state index in [1.165, 1.54) is 0 Å². The second-order valence-electron chi connectivity index (χ2n) is 5.94. The van der Waals surface area contributed by atoms with Gasteiger partial charge in [-0.25, -0.2) is 4.98 Å². The predicted molar refractivity (Wildman–Crippen MR) is 85.1 cm³/mol. The molecule has 0 bridgehead atoms. The second kappa shape index (κ2) is 5.76. The average molecular weight is 317 g/mol. The van der Waals surface area contributed by atoms with E-state index < -0.39 is 0 Å². The standard InChI is InChI=1S/C16H19N3O2S/c20-15(13-11-12(13)14-3-1-9-21-14)18-5-2-6-19(8-7-18)16-17-4-10-22-16/h1,3-4,9-10,12-13H,2,5-8,11H2. The van der Waals surface area contributed by atoms with Gasteiger partial charge in [0.2, 0.25) is 5.91 Å². The number of amides is 1. The van der Waals surface area contributed by atoms with Gasteiger partial charge in [0.15, 0.2) is 5.13 Å². The molecule has 2 unspecified atom stereocenters. The lowest BCUT2D eigenvalue weighted by molar-refractivity contribution is -0.132. The third-order valence-corrected chi connectivity index (χ3v) is 5.35. The molecular weight excluding hydrogens is 298 g/mol. The first-order valence-corrected chi connectivity index (χ1v) is 8.67. The number of thiazole rings is 1. The Morgan fingerprint density at radius 2 is 2.27 bits per heavy atom. The molecule has 2 fully saturated rings. The second-order valence-corrected chi connectivity index (χ2v) is 6.82. The molecule has 0 spiro atoms. The molecule has 1 saturated carbocycles. The van der Waals surface area contributed by atoms with Crippen LogP contribution in [0.4, 0.5) is 5.13 Å². The summed E-state index contributed by atoms with van der Waals surface area (Å²) in [5, 5.41) is 3.07. The van der Waals surface area contributed by atoms with Gasteiger partial charge in [0.1, 0.15) is 5.76 Å². The monoisotopic (exact) mass is 317 g/mol. The highest BCUT2D eigenvalue weighted by molar-refractivity contribution is 7.13. The summed E-state index contributed by atoms with van der Waals surface area (Å²) in [6.45, 7) is 3.49. The Labute approximate surface area is 133 Å². The van der Waals surface area contributed by atoms with E-state index in [9.17, 15) is 4.79 Å². The van der Waals surface area contributed by atoms with Gasteiger partial charge < -0.3 is 14.2 Å². The van der Waals surface area contributed by atoms with E-state index in [0.29, 0.717) is 11.8 Å². The molecule has 3 heterocycles. The minimum Gasteiger partial charge on any atom is -0.469 e. The Hall–Kier alpha value is -1.82. The van der Waals surface area contributed by atoms with E-state index in [1.807, 2.05) is 28.6 Å². The molecule has 1 aliphatic heterocycles. The Balaban J connectivity index is 1.37. The van der Waals surface area contributed by atoms with Crippen LogP contribution in [0.25, 0.3) is 0 Å². The molecule has 2 atom stereocenters. The molecule has 2 aromatic rings. The van der Waals surface area contributed by atoms with Gasteiger partial charge in [-0.3, -0.25) is 4.79 Å². The maximum absolute atomic E-state index is 12.7. The zero-order valence-corrected chi connectivity index (χ0v) is 13.2. The number of anilines is 1. The number of aromatic nitrogens is 1. The van der Waals surface area contributed by atoms with Crippen molar-refractivity contribution in [3.8, 4) is 0 Å². The topological polar surface area (TPSA) is 49.6 Å². The van der Waals surface area contributed by atoms with Crippen LogP contribution in [0, 0.1) is 5.92 Å². The lowest BCUT2D eigenvalue weighted by Crippen LogP contribution is -2.36. The lowest BCUT2D eigenvalue weighted by Gasteiger charge is -2.21. The number of hydrogen-bond donors (Lipinski definition) is 0. The Morgan fingerprint density at radius 3 is 3.05 bits per heavy atom. The molecule has 0 N–H and O–H groups in total. The van der Waals surface area contributed by atoms with Crippen LogP contribution in [-0.2, 0) is 4.79 Å². The van der Waals surface area contributed by atoms with E-state index >= 15 is 0 Å². The maximum Gasteiger partial charge on any atom is 0.226 e. The molecular formula is C16H19N3O2S. The van der Waals surface area contributed by atoms with Gasteiger partial charge in [-0.05, 0) is 25.0 Å². The molecule has 1 aliphatic carbocycles. The predicted octanol–water partition coefficient (Wildman–Crippen LogP) is 2.58. The van der Waals surface area contributed by atoms with Crippen molar-refractivity contribution in [2.75, 3.05) is 31.1 Å². The highest BCUT2D eigenvalue weighted by Gasteiger charge is 2.47. The zero-order chi connectivity index (χ0) is 14.9.